The molecule has 30 heavy (non-hydrogen) atoms. The number of nitriles is 1. The largest absolute Gasteiger partial charge is 0.486 e. The topological polar surface area (TPSA) is 85.5 Å². The molecule has 0 bridgehead atoms. The van der Waals surface area contributed by atoms with Crippen molar-refractivity contribution in [2.45, 2.75) is 16.9 Å². The Morgan fingerprint density at radius 3 is 2.53 bits per heavy atom. The van der Waals surface area contributed by atoms with Gasteiger partial charge in [-0.1, -0.05) is 42.5 Å². The lowest BCUT2D eigenvalue weighted by Gasteiger charge is -2.26. The van der Waals surface area contributed by atoms with Crippen LogP contribution in [-0.4, -0.2) is 24.3 Å². The number of hydrogen-bond acceptors (Lipinski definition) is 6. The summed E-state index contributed by atoms with van der Waals surface area (Å²) in [4.78, 5) is 7.92. The third kappa shape index (κ3) is 4.08. The molecule has 2 aromatic carbocycles. The van der Waals surface area contributed by atoms with E-state index in [0.717, 1.165) is 16.9 Å². The third-order valence-electron chi connectivity index (χ3n) is 4.66. The molecular weight excluding hydrogens is 396 g/mol. The van der Waals surface area contributed by atoms with Crippen molar-refractivity contribution in [2.24, 2.45) is 0 Å². The molecule has 0 spiro atoms. The Labute approximate surface area is 179 Å². The van der Waals surface area contributed by atoms with E-state index in [0.29, 0.717) is 35.1 Å². The number of benzene rings is 2. The van der Waals surface area contributed by atoms with Crippen LogP contribution in [0.1, 0.15) is 11.1 Å². The van der Waals surface area contributed by atoms with Crippen molar-refractivity contribution in [3.63, 3.8) is 0 Å². The van der Waals surface area contributed by atoms with Gasteiger partial charge in [-0.15, -0.1) is 11.8 Å². The van der Waals surface area contributed by atoms with Crippen LogP contribution < -0.4 is 10.5 Å². The van der Waals surface area contributed by atoms with Gasteiger partial charge in [-0.05, 0) is 23.3 Å². The molecule has 1 fully saturated rings. The molecule has 0 radical (unpaired) electrons. The molecule has 0 amide bonds. The highest BCUT2D eigenvalue weighted by Crippen LogP contribution is 2.42. The zero-order chi connectivity index (χ0) is 20.9. The first-order valence-electron chi connectivity index (χ1n) is 9.32. The Balaban J connectivity index is 1.69. The van der Waals surface area contributed by atoms with E-state index < -0.39 is 0 Å². The fourth-order valence-corrected chi connectivity index (χ4v) is 4.03. The summed E-state index contributed by atoms with van der Waals surface area (Å²) in [6, 6.07) is 19.5. The maximum Gasteiger partial charge on any atom is 0.236 e. The second kappa shape index (κ2) is 8.87. The van der Waals surface area contributed by atoms with Gasteiger partial charge in [0.2, 0.25) is 5.69 Å². The lowest BCUT2D eigenvalue weighted by Crippen LogP contribution is -2.38. The van der Waals surface area contributed by atoms with Gasteiger partial charge in [-0.3, -0.25) is 0 Å². The molecule has 1 aliphatic heterocycles. The van der Waals surface area contributed by atoms with Crippen LogP contribution >= 0.6 is 11.8 Å². The first-order chi connectivity index (χ1) is 14.7. The van der Waals surface area contributed by atoms with E-state index in [1.54, 1.807) is 0 Å². The number of nitrogens with zero attached hydrogens (tertiary/aromatic N) is 3. The van der Waals surface area contributed by atoms with Gasteiger partial charge in [0.1, 0.15) is 28.8 Å². The van der Waals surface area contributed by atoms with E-state index >= 15 is 0 Å². The van der Waals surface area contributed by atoms with Gasteiger partial charge in [0.25, 0.3) is 0 Å². The van der Waals surface area contributed by atoms with E-state index in [1.165, 1.54) is 11.8 Å². The quantitative estimate of drug-likeness (QED) is 0.460. The molecule has 6 nitrogen and oxygen atoms in total. The molecule has 4 rings (SSSR count). The minimum absolute atomic E-state index is 0.0712. The maximum absolute atomic E-state index is 9.90. The van der Waals surface area contributed by atoms with E-state index in [4.69, 9.17) is 21.8 Å². The standard InChI is InChI=1S/C23H18N4O2S/c1-26-21-20(16-7-9-17(10-8-16)29-18-12-28-13-18)19(11-24)23(27-22(21)25)30-14-15-5-3-2-4-6-15/h2-10,18H,12-14H2,(H2,25,27). The first kappa shape index (κ1) is 19.8. The molecular formula is C23H18N4O2S. The number of hydrogen-bond donors (Lipinski definition) is 1. The summed E-state index contributed by atoms with van der Waals surface area (Å²) in [5, 5.41) is 10.4. The zero-order valence-electron chi connectivity index (χ0n) is 16.0. The zero-order valence-corrected chi connectivity index (χ0v) is 16.9. The van der Waals surface area contributed by atoms with Crippen molar-refractivity contribution in [1.82, 2.24) is 4.98 Å². The highest BCUT2D eigenvalue weighted by Gasteiger charge is 2.22. The van der Waals surface area contributed by atoms with Gasteiger partial charge in [0.15, 0.2) is 0 Å². The van der Waals surface area contributed by atoms with Crippen LogP contribution in [-0.2, 0) is 10.5 Å². The van der Waals surface area contributed by atoms with Crippen LogP contribution in [0.4, 0.5) is 11.5 Å². The molecule has 148 valence electrons. The highest BCUT2D eigenvalue weighted by molar-refractivity contribution is 7.98. The van der Waals surface area contributed by atoms with Crippen molar-refractivity contribution >= 4 is 23.3 Å². The maximum atomic E-state index is 9.90. The number of thioether (sulfide) groups is 1. The predicted molar refractivity (Wildman–Crippen MR) is 116 cm³/mol. The van der Waals surface area contributed by atoms with Gasteiger partial charge in [0, 0.05) is 11.3 Å². The van der Waals surface area contributed by atoms with Crippen LogP contribution in [0.5, 0.6) is 5.75 Å². The van der Waals surface area contributed by atoms with E-state index in [-0.39, 0.29) is 17.6 Å². The Hall–Kier alpha value is -3.52. The van der Waals surface area contributed by atoms with Crippen molar-refractivity contribution in [3.05, 3.63) is 77.1 Å². The lowest BCUT2D eigenvalue weighted by molar-refractivity contribution is -0.0796. The van der Waals surface area contributed by atoms with Crippen LogP contribution in [0.3, 0.4) is 0 Å². The molecule has 1 aromatic heterocycles. The van der Waals surface area contributed by atoms with Crippen LogP contribution in [0.15, 0.2) is 59.6 Å². The average molecular weight is 414 g/mol. The number of rotatable bonds is 6. The highest BCUT2D eigenvalue weighted by atomic mass is 32.2. The molecule has 0 atom stereocenters. The van der Waals surface area contributed by atoms with Gasteiger partial charge in [0.05, 0.1) is 25.3 Å². The fourth-order valence-electron chi connectivity index (χ4n) is 3.07. The summed E-state index contributed by atoms with van der Waals surface area (Å²) in [5.74, 6) is 1.49. The van der Waals surface area contributed by atoms with Gasteiger partial charge in [-0.25, -0.2) is 9.83 Å². The van der Waals surface area contributed by atoms with Gasteiger partial charge in [-0.2, -0.15) is 5.26 Å². The predicted octanol–water partition coefficient (Wildman–Crippen LogP) is 4.82. The monoisotopic (exact) mass is 414 g/mol. The minimum atomic E-state index is 0.0712. The summed E-state index contributed by atoms with van der Waals surface area (Å²) >= 11 is 1.43. The van der Waals surface area contributed by atoms with Crippen molar-refractivity contribution < 1.29 is 9.47 Å². The van der Waals surface area contributed by atoms with Gasteiger partial charge < -0.3 is 15.2 Å². The molecule has 2 heterocycles. The lowest BCUT2D eigenvalue weighted by atomic mass is 10.00. The molecule has 7 heteroatoms. The van der Waals surface area contributed by atoms with Crippen LogP contribution in [0, 0.1) is 17.9 Å². The summed E-state index contributed by atoms with van der Waals surface area (Å²) in [5.41, 5.74) is 9.00. The first-order valence-corrected chi connectivity index (χ1v) is 10.3. The Kier molecular flexibility index (Phi) is 5.85. The number of anilines is 1. The number of nitrogens with two attached hydrogens (primary N) is 1. The van der Waals surface area contributed by atoms with Crippen molar-refractivity contribution in [3.8, 4) is 22.9 Å². The molecule has 2 N–H and O–H groups in total. The number of ether oxygens (including phenoxy) is 2. The summed E-state index contributed by atoms with van der Waals surface area (Å²) in [7, 11) is 0. The van der Waals surface area contributed by atoms with E-state index in [9.17, 15) is 5.26 Å². The van der Waals surface area contributed by atoms with Crippen molar-refractivity contribution in [2.75, 3.05) is 18.9 Å². The second-order valence-electron chi connectivity index (χ2n) is 6.70. The van der Waals surface area contributed by atoms with Crippen molar-refractivity contribution in [1.29, 1.82) is 5.26 Å². The summed E-state index contributed by atoms with van der Waals surface area (Å²) < 4.78 is 10.9. The van der Waals surface area contributed by atoms with Crippen LogP contribution in [0.25, 0.3) is 16.0 Å². The number of pyridine rings is 1. The molecule has 3 aromatic rings. The number of aromatic nitrogens is 1. The second-order valence-corrected chi connectivity index (χ2v) is 7.66. The third-order valence-corrected chi connectivity index (χ3v) is 5.71. The molecule has 0 saturated carbocycles. The minimum Gasteiger partial charge on any atom is -0.486 e. The summed E-state index contributed by atoms with van der Waals surface area (Å²) in [6.07, 6.45) is 0.0712. The van der Waals surface area contributed by atoms with Gasteiger partial charge >= 0.3 is 0 Å². The van der Waals surface area contributed by atoms with E-state index in [2.05, 4.69) is 15.9 Å². The average Bonchev–Trinajstić information content (AvgIpc) is 2.75. The fraction of sp³-hybridized carbons (Fsp3) is 0.174. The van der Waals surface area contributed by atoms with Crippen LogP contribution in [0.2, 0.25) is 0 Å². The molecule has 0 unspecified atom stereocenters. The number of nitrogen functional groups attached to an aromatic ring is 1. The molecule has 1 aliphatic rings. The SMILES string of the molecule is [C-]#[N+]c1c(N)nc(SCc2ccccc2)c(C#N)c1-c1ccc(OC2COC2)cc1. The molecule has 1 saturated heterocycles. The Morgan fingerprint density at radius 2 is 1.93 bits per heavy atom. The molecule has 0 aliphatic carbocycles. The Morgan fingerprint density at radius 1 is 1.20 bits per heavy atom. The smallest absolute Gasteiger partial charge is 0.236 e. The normalized spacial score (nSPS) is 13.1. The summed E-state index contributed by atoms with van der Waals surface area (Å²) in [6.45, 7) is 8.75. The van der Waals surface area contributed by atoms with E-state index in [1.807, 2.05) is 54.6 Å². The Bertz CT molecular complexity index is 1130.